The Morgan fingerprint density at radius 1 is 1.25 bits per heavy atom. The first kappa shape index (κ1) is 8.89. The highest BCUT2D eigenvalue weighted by Gasteiger charge is 2.20. The van der Waals surface area contributed by atoms with E-state index in [1.807, 2.05) is 0 Å². The Labute approximate surface area is 79.7 Å². The Morgan fingerprint density at radius 2 is 2.17 bits per heavy atom. The number of hydrogen-bond donors (Lipinski definition) is 1. The molecule has 0 bridgehead atoms. The fraction of sp³-hybridized carbons (Fsp3) is 1.00. The van der Waals surface area contributed by atoms with E-state index in [1.54, 1.807) is 0 Å². The number of nitrogens with one attached hydrogen (secondary N) is 1. The third-order valence-electron chi connectivity index (χ3n) is 2.82. The smallest absolute Gasteiger partial charge is 0.0172 e. The zero-order valence-corrected chi connectivity index (χ0v) is 8.54. The van der Waals surface area contributed by atoms with Gasteiger partial charge in [0.2, 0.25) is 0 Å². The van der Waals surface area contributed by atoms with Crippen molar-refractivity contribution in [2.24, 2.45) is 5.92 Å². The Hall–Kier alpha value is 0.310. The molecule has 2 aliphatic rings. The van der Waals surface area contributed by atoms with Gasteiger partial charge in [0, 0.05) is 11.8 Å². The predicted octanol–water partition coefficient (Wildman–Crippen LogP) is 2.27. The van der Waals surface area contributed by atoms with Crippen molar-refractivity contribution in [3.05, 3.63) is 0 Å². The number of thioether (sulfide) groups is 1. The predicted molar refractivity (Wildman–Crippen MR) is 55.7 cm³/mol. The topological polar surface area (TPSA) is 12.0 Å². The molecule has 2 heteroatoms. The average molecular weight is 185 g/mol. The molecule has 0 amide bonds. The van der Waals surface area contributed by atoms with E-state index in [-0.39, 0.29) is 0 Å². The summed E-state index contributed by atoms with van der Waals surface area (Å²) < 4.78 is 0. The van der Waals surface area contributed by atoms with Crippen molar-refractivity contribution in [3.63, 3.8) is 0 Å². The molecule has 1 nitrogen and oxygen atoms in total. The molecular formula is C10H19NS. The van der Waals surface area contributed by atoms with Crippen molar-refractivity contribution in [1.29, 1.82) is 0 Å². The second-order valence-corrected chi connectivity index (χ2v) is 5.48. The zero-order valence-electron chi connectivity index (χ0n) is 7.72. The highest BCUT2D eigenvalue weighted by Crippen LogP contribution is 2.31. The number of hydrogen-bond acceptors (Lipinski definition) is 2. The summed E-state index contributed by atoms with van der Waals surface area (Å²) in [5.41, 5.74) is 0. The van der Waals surface area contributed by atoms with Gasteiger partial charge in [-0.25, -0.2) is 0 Å². The molecule has 2 fully saturated rings. The van der Waals surface area contributed by atoms with E-state index in [0.717, 1.165) is 11.2 Å². The van der Waals surface area contributed by atoms with Crippen molar-refractivity contribution < 1.29 is 0 Å². The third kappa shape index (κ3) is 2.98. The van der Waals surface area contributed by atoms with Crippen molar-refractivity contribution in [3.8, 4) is 0 Å². The van der Waals surface area contributed by atoms with Crippen LogP contribution < -0.4 is 5.32 Å². The monoisotopic (exact) mass is 185 g/mol. The molecular weight excluding hydrogens is 166 g/mol. The maximum Gasteiger partial charge on any atom is 0.0172 e. The van der Waals surface area contributed by atoms with Crippen LogP contribution in [0.4, 0.5) is 0 Å². The summed E-state index contributed by atoms with van der Waals surface area (Å²) in [4.78, 5) is 0. The minimum absolute atomic E-state index is 0.934. The van der Waals surface area contributed by atoms with Gasteiger partial charge < -0.3 is 5.32 Å². The van der Waals surface area contributed by atoms with Crippen LogP contribution in [0.25, 0.3) is 0 Å². The van der Waals surface area contributed by atoms with Crippen molar-refractivity contribution in [2.45, 2.75) is 37.4 Å². The summed E-state index contributed by atoms with van der Waals surface area (Å²) in [6.45, 7) is 2.53. The molecule has 1 atom stereocenters. The first-order valence-corrected chi connectivity index (χ1v) is 6.32. The van der Waals surface area contributed by atoms with Crippen molar-refractivity contribution >= 4 is 11.8 Å². The molecule has 0 aromatic carbocycles. The van der Waals surface area contributed by atoms with Crippen LogP contribution in [-0.2, 0) is 0 Å². The van der Waals surface area contributed by atoms with Gasteiger partial charge in [0.05, 0.1) is 0 Å². The molecule has 2 rings (SSSR count). The molecule has 0 aromatic heterocycles. The minimum Gasteiger partial charge on any atom is -0.316 e. The fourth-order valence-electron chi connectivity index (χ4n) is 1.78. The van der Waals surface area contributed by atoms with Gasteiger partial charge in [-0.3, -0.25) is 0 Å². The van der Waals surface area contributed by atoms with E-state index in [4.69, 9.17) is 0 Å². The van der Waals surface area contributed by atoms with Crippen LogP contribution in [0.15, 0.2) is 0 Å². The third-order valence-corrected chi connectivity index (χ3v) is 4.22. The second-order valence-electron chi connectivity index (χ2n) is 4.07. The van der Waals surface area contributed by atoms with E-state index in [2.05, 4.69) is 17.1 Å². The largest absolute Gasteiger partial charge is 0.316 e. The van der Waals surface area contributed by atoms with Crippen LogP contribution in [0.5, 0.6) is 0 Å². The molecule has 12 heavy (non-hydrogen) atoms. The standard InChI is InChI=1S/C10H19NS/c1-2-10(12-7-1)8-11-6-5-9-3-4-9/h9-11H,1-8H2. The van der Waals surface area contributed by atoms with Crippen molar-refractivity contribution in [1.82, 2.24) is 5.32 Å². The van der Waals surface area contributed by atoms with Gasteiger partial charge in [-0.2, -0.15) is 11.8 Å². The summed E-state index contributed by atoms with van der Waals surface area (Å²) >= 11 is 2.15. The maximum atomic E-state index is 3.58. The Bertz CT molecular complexity index is 128. The lowest BCUT2D eigenvalue weighted by Crippen LogP contribution is -2.24. The lowest BCUT2D eigenvalue weighted by atomic mass is 10.2. The van der Waals surface area contributed by atoms with Crippen LogP contribution in [0.2, 0.25) is 0 Å². The van der Waals surface area contributed by atoms with Gasteiger partial charge in [0.1, 0.15) is 0 Å². The quantitative estimate of drug-likeness (QED) is 0.659. The Morgan fingerprint density at radius 3 is 2.83 bits per heavy atom. The molecule has 1 saturated carbocycles. The summed E-state index contributed by atoms with van der Waals surface area (Å²) in [7, 11) is 0. The Kier molecular flexibility index (Phi) is 3.35. The highest BCUT2D eigenvalue weighted by molar-refractivity contribution is 8.00. The zero-order chi connectivity index (χ0) is 8.23. The van der Waals surface area contributed by atoms with Crippen molar-refractivity contribution in [2.75, 3.05) is 18.8 Å². The van der Waals surface area contributed by atoms with Gasteiger partial charge in [-0.15, -0.1) is 0 Å². The molecule has 70 valence electrons. The van der Waals surface area contributed by atoms with Crippen LogP contribution in [0.1, 0.15) is 32.1 Å². The lowest BCUT2D eigenvalue weighted by molar-refractivity contribution is 0.595. The molecule has 0 aromatic rings. The molecule has 1 heterocycles. The van der Waals surface area contributed by atoms with E-state index < -0.39 is 0 Å². The molecule has 1 aliphatic heterocycles. The van der Waals surface area contributed by atoms with Gasteiger partial charge in [0.15, 0.2) is 0 Å². The van der Waals surface area contributed by atoms with Crippen LogP contribution in [0, 0.1) is 5.92 Å². The molecule has 1 aliphatic carbocycles. The van der Waals surface area contributed by atoms with E-state index >= 15 is 0 Å². The Balaban J connectivity index is 1.44. The van der Waals surface area contributed by atoms with Gasteiger partial charge in [-0.1, -0.05) is 12.8 Å². The molecule has 0 spiro atoms. The first-order chi connectivity index (χ1) is 5.95. The molecule has 0 radical (unpaired) electrons. The highest BCUT2D eigenvalue weighted by atomic mass is 32.2. The normalized spacial score (nSPS) is 29.5. The van der Waals surface area contributed by atoms with Gasteiger partial charge in [0.25, 0.3) is 0 Å². The first-order valence-electron chi connectivity index (χ1n) is 5.27. The van der Waals surface area contributed by atoms with E-state index in [1.165, 1.54) is 50.9 Å². The molecule has 1 saturated heterocycles. The lowest BCUT2D eigenvalue weighted by Gasteiger charge is -2.09. The second kappa shape index (κ2) is 4.52. The summed E-state index contributed by atoms with van der Waals surface area (Å²) in [5.74, 6) is 2.49. The average Bonchev–Trinajstić information content (AvgIpc) is 2.76. The summed E-state index contributed by atoms with van der Waals surface area (Å²) in [6.07, 6.45) is 7.32. The van der Waals surface area contributed by atoms with Crippen LogP contribution in [0.3, 0.4) is 0 Å². The fourth-order valence-corrected chi connectivity index (χ4v) is 3.02. The number of rotatable bonds is 5. The van der Waals surface area contributed by atoms with E-state index in [9.17, 15) is 0 Å². The SMILES string of the molecule is C1CSC(CNCCC2CC2)C1. The maximum absolute atomic E-state index is 3.58. The minimum atomic E-state index is 0.934. The van der Waals surface area contributed by atoms with Crippen LogP contribution in [-0.4, -0.2) is 24.1 Å². The van der Waals surface area contributed by atoms with E-state index in [0.29, 0.717) is 0 Å². The summed E-state index contributed by atoms with van der Waals surface area (Å²) in [5, 5.41) is 4.51. The summed E-state index contributed by atoms with van der Waals surface area (Å²) in [6, 6.07) is 0. The van der Waals surface area contributed by atoms with Gasteiger partial charge in [-0.05, 0) is 37.5 Å². The molecule has 1 N–H and O–H groups in total. The van der Waals surface area contributed by atoms with Gasteiger partial charge >= 0.3 is 0 Å². The van der Waals surface area contributed by atoms with Crippen LogP contribution >= 0.6 is 11.8 Å². The molecule has 1 unspecified atom stereocenters.